The molecule has 3 rings (SSSR count). The number of piperidine rings is 1. The third-order valence-corrected chi connectivity index (χ3v) is 7.15. The van der Waals surface area contributed by atoms with Crippen molar-refractivity contribution >= 4 is 10.0 Å². The van der Waals surface area contributed by atoms with E-state index in [1.165, 1.54) is 12.1 Å². The zero-order chi connectivity index (χ0) is 15.9. The van der Waals surface area contributed by atoms with E-state index in [0.717, 1.165) is 19.3 Å². The van der Waals surface area contributed by atoms with Crippen LogP contribution in [0.3, 0.4) is 0 Å². The van der Waals surface area contributed by atoms with Crippen LogP contribution in [0, 0.1) is 11.7 Å². The second kappa shape index (κ2) is 5.81. The Kier molecular flexibility index (Phi) is 4.16. The smallest absolute Gasteiger partial charge is 0.217 e. The molecule has 22 heavy (non-hydrogen) atoms. The quantitative estimate of drug-likeness (QED) is 0.835. The first-order chi connectivity index (χ1) is 10.4. The van der Waals surface area contributed by atoms with Crippen molar-refractivity contribution in [1.29, 1.82) is 0 Å². The normalized spacial score (nSPS) is 28.5. The number of fused-ring (bicyclic) bond motifs is 2. The molecule has 0 radical (unpaired) electrons. The summed E-state index contributed by atoms with van der Waals surface area (Å²) in [7, 11) is -3.27. The fraction of sp³-hybridized carbons (Fsp3) is 0.625. The van der Waals surface area contributed by atoms with Crippen LogP contribution in [0.2, 0.25) is 0 Å². The molecule has 2 bridgehead atoms. The Balaban J connectivity index is 1.75. The topological polar surface area (TPSA) is 46.6 Å². The summed E-state index contributed by atoms with van der Waals surface area (Å²) in [6, 6.07) is 5.86. The highest BCUT2D eigenvalue weighted by molar-refractivity contribution is 7.89. The fourth-order valence-electron chi connectivity index (χ4n) is 3.61. The van der Waals surface area contributed by atoms with E-state index in [1.54, 1.807) is 30.3 Å². The highest BCUT2D eigenvalue weighted by Gasteiger charge is 2.51. The Hall–Kier alpha value is -1.14. The molecule has 0 unspecified atom stereocenters. The lowest BCUT2D eigenvalue weighted by molar-refractivity contribution is 0.161. The molecule has 1 saturated heterocycles. The van der Waals surface area contributed by atoms with Gasteiger partial charge < -0.3 is 4.74 Å². The third-order valence-electron chi connectivity index (χ3n) is 4.80. The largest absolute Gasteiger partial charge is 0.492 e. The van der Waals surface area contributed by atoms with E-state index >= 15 is 0 Å². The molecule has 0 N–H and O–H groups in total. The van der Waals surface area contributed by atoms with Crippen LogP contribution in [-0.4, -0.2) is 36.7 Å². The first-order valence-corrected chi connectivity index (χ1v) is 9.30. The number of hydrogen-bond donors (Lipinski definition) is 0. The van der Waals surface area contributed by atoms with Crippen molar-refractivity contribution in [3.05, 3.63) is 30.1 Å². The summed E-state index contributed by atoms with van der Waals surface area (Å²) >= 11 is 0. The number of rotatable bonds is 5. The number of hydrogen-bond acceptors (Lipinski definition) is 3. The molecule has 1 aliphatic heterocycles. The standard InChI is InChI=1S/C16H22FNO3S/c1-11(2)22(19,20)18-14-6-3-12(9-14)16(18)10-21-15-7-4-13(17)5-8-15/h4-5,7-8,11-12,14,16H,3,6,9-10H2,1-2H3/t12-,14+,16-/m0/s1. The van der Waals surface area contributed by atoms with Crippen LogP contribution in [0.25, 0.3) is 0 Å². The SMILES string of the molecule is CC(C)S(=O)(=O)N1[C@@H]2CC[C@@H](C2)[C@@H]1COc1ccc(F)cc1. The second-order valence-electron chi connectivity index (χ2n) is 6.48. The summed E-state index contributed by atoms with van der Waals surface area (Å²) in [5, 5.41) is -0.417. The molecule has 3 atom stereocenters. The Morgan fingerprint density at radius 1 is 1.27 bits per heavy atom. The van der Waals surface area contributed by atoms with Crippen LogP contribution < -0.4 is 4.74 Å². The van der Waals surface area contributed by atoms with Gasteiger partial charge in [0.15, 0.2) is 0 Å². The van der Waals surface area contributed by atoms with E-state index in [-0.39, 0.29) is 17.9 Å². The monoisotopic (exact) mass is 327 g/mol. The summed E-state index contributed by atoms with van der Waals surface area (Å²) in [5.74, 6) is 0.640. The lowest BCUT2D eigenvalue weighted by Crippen LogP contribution is -2.50. The summed E-state index contributed by atoms with van der Waals surface area (Å²) in [4.78, 5) is 0. The van der Waals surface area contributed by atoms with Gasteiger partial charge in [-0.2, -0.15) is 4.31 Å². The van der Waals surface area contributed by atoms with Crippen molar-refractivity contribution in [3.8, 4) is 5.75 Å². The maximum absolute atomic E-state index is 12.9. The van der Waals surface area contributed by atoms with Gasteiger partial charge in [-0.25, -0.2) is 12.8 Å². The summed E-state index contributed by atoms with van der Waals surface area (Å²) in [6.45, 7) is 3.77. The van der Waals surface area contributed by atoms with Crippen molar-refractivity contribution in [2.45, 2.75) is 50.4 Å². The van der Waals surface area contributed by atoms with Crippen molar-refractivity contribution in [2.75, 3.05) is 6.61 Å². The third kappa shape index (κ3) is 2.74. The maximum Gasteiger partial charge on any atom is 0.217 e. The molecule has 4 nitrogen and oxygen atoms in total. The van der Waals surface area contributed by atoms with Crippen molar-refractivity contribution in [3.63, 3.8) is 0 Å². The molecular formula is C16H22FNO3S. The number of halogens is 1. The molecule has 0 amide bonds. The minimum atomic E-state index is -3.27. The lowest BCUT2D eigenvalue weighted by Gasteiger charge is -2.35. The van der Waals surface area contributed by atoms with Crippen LogP contribution in [-0.2, 0) is 10.0 Å². The Morgan fingerprint density at radius 3 is 2.59 bits per heavy atom. The zero-order valence-electron chi connectivity index (χ0n) is 12.9. The van der Waals surface area contributed by atoms with Gasteiger partial charge in [0.05, 0.1) is 11.3 Å². The highest BCUT2D eigenvalue weighted by atomic mass is 32.2. The van der Waals surface area contributed by atoms with Crippen LogP contribution in [0.1, 0.15) is 33.1 Å². The Bertz CT molecular complexity index is 629. The first-order valence-electron chi connectivity index (χ1n) is 7.80. The molecule has 2 aliphatic rings. The zero-order valence-corrected chi connectivity index (χ0v) is 13.7. The maximum atomic E-state index is 12.9. The molecule has 0 spiro atoms. The summed E-state index contributed by atoms with van der Waals surface area (Å²) in [5.41, 5.74) is 0. The van der Waals surface area contributed by atoms with Gasteiger partial charge in [0.2, 0.25) is 10.0 Å². The van der Waals surface area contributed by atoms with Crippen LogP contribution in [0.4, 0.5) is 4.39 Å². The van der Waals surface area contributed by atoms with E-state index in [2.05, 4.69) is 0 Å². The van der Waals surface area contributed by atoms with Gasteiger partial charge in [-0.05, 0) is 63.3 Å². The molecule has 6 heteroatoms. The molecule has 1 aliphatic carbocycles. The second-order valence-corrected chi connectivity index (χ2v) is 8.88. The first kappa shape index (κ1) is 15.7. The number of ether oxygens (including phenoxy) is 1. The summed E-state index contributed by atoms with van der Waals surface area (Å²) in [6.07, 6.45) is 2.94. The molecule has 1 aromatic carbocycles. The average Bonchev–Trinajstić information content (AvgIpc) is 3.07. The number of sulfonamides is 1. The molecular weight excluding hydrogens is 305 g/mol. The predicted molar refractivity (Wildman–Crippen MR) is 82.7 cm³/mol. The van der Waals surface area contributed by atoms with Gasteiger partial charge in [-0.1, -0.05) is 0 Å². The molecule has 1 saturated carbocycles. The van der Waals surface area contributed by atoms with Crippen LogP contribution in [0.5, 0.6) is 5.75 Å². The summed E-state index contributed by atoms with van der Waals surface area (Å²) < 4.78 is 45.6. The Labute approximate surface area is 131 Å². The van der Waals surface area contributed by atoms with E-state index < -0.39 is 15.3 Å². The van der Waals surface area contributed by atoms with Gasteiger partial charge in [0.1, 0.15) is 18.2 Å². The van der Waals surface area contributed by atoms with Crippen LogP contribution in [0.15, 0.2) is 24.3 Å². The van der Waals surface area contributed by atoms with Gasteiger partial charge >= 0.3 is 0 Å². The number of benzene rings is 1. The minimum absolute atomic E-state index is 0.101. The minimum Gasteiger partial charge on any atom is -0.492 e. The molecule has 2 fully saturated rings. The van der Waals surface area contributed by atoms with Gasteiger partial charge in [-0.15, -0.1) is 0 Å². The van der Waals surface area contributed by atoms with E-state index in [0.29, 0.717) is 18.3 Å². The van der Waals surface area contributed by atoms with Crippen molar-refractivity contribution in [1.82, 2.24) is 4.31 Å². The van der Waals surface area contributed by atoms with E-state index in [4.69, 9.17) is 4.74 Å². The van der Waals surface area contributed by atoms with Gasteiger partial charge in [0.25, 0.3) is 0 Å². The number of nitrogens with zero attached hydrogens (tertiary/aromatic N) is 1. The highest BCUT2D eigenvalue weighted by Crippen LogP contribution is 2.44. The Morgan fingerprint density at radius 2 is 1.95 bits per heavy atom. The predicted octanol–water partition coefficient (Wildman–Crippen LogP) is 2.80. The molecule has 1 heterocycles. The average molecular weight is 327 g/mol. The van der Waals surface area contributed by atoms with Gasteiger partial charge in [0, 0.05) is 6.04 Å². The van der Waals surface area contributed by atoms with E-state index in [1.807, 2.05) is 0 Å². The van der Waals surface area contributed by atoms with Crippen LogP contribution >= 0.6 is 0 Å². The fourth-order valence-corrected chi connectivity index (χ4v) is 5.32. The lowest BCUT2D eigenvalue weighted by atomic mass is 10.0. The van der Waals surface area contributed by atoms with E-state index in [9.17, 15) is 12.8 Å². The molecule has 1 aromatic rings. The molecule has 122 valence electrons. The van der Waals surface area contributed by atoms with Crippen molar-refractivity contribution < 1.29 is 17.5 Å². The van der Waals surface area contributed by atoms with Crippen molar-refractivity contribution in [2.24, 2.45) is 5.92 Å². The van der Waals surface area contributed by atoms with Gasteiger partial charge in [-0.3, -0.25) is 0 Å². The molecule has 0 aromatic heterocycles.